The Kier molecular flexibility index (Phi) is 9.86. The van der Waals surface area contributed by atoms with E-state index in [0.717, 1.165) is 0 Å². The molecule has 0 nitrogen and oxygen atoms in total. The van der Waals surface area contributed by atoms with Gasteiger partial charge in [-0.25, -0.2) is 0 Å². The fraction of sp³-hybridized carbons (Fsp3) is 0.172. The van der Waals surface area contributed by atoms with Crippen molar-refractivity contribution in [3.05, 3.63) is 124 Å². The van der Waals surface area contributed by atoms with Crippen molar-refractivity contribution < 1.29 is 0 Å². The average Bonchev–Trinajstić information content (AvgIpc) is 2.76. The lowest BCUT2D eigenvalue weighted by Crippen LogP contribution is -2.10. The highest BCUT2D eigenvalue weighted by atomic mass is 127. The van der Waals surface area contributed by atoms with Crippen LogP contribution in [-0.2, 0) is 16.3 Å². The van der Waals surface area contributed by atoms with Gasteiger partial charge in [-0.05, 0) is 82.1 Å². The van der Waals surface area contributed by atoms with Crippen molar-refractivity contribution in [3.63, 3.8) is 0 Å². The molecule has 0 fully saturated rings. The van der Waals surface area contributed by atoms with Gasteiger partial charge in [0, 0.05) is 3.57 Å². The minimum Gasteiger partial charge on any atom is -0.0776 e. The molecule has 4 aromatic carbocycles. The summed E-state index contributed by atoms with van der Waals surface area (Å²) in [6, 6.07) is 40.9. The van der Waals surface area contributed by atoms with E-state index < -0.39 is 0 Å². The third-order valence-corrected chi connectivity index (χ3v) is 7.60. The predicted molar refractivity (Wildman–Crippen MR) is 146 cm³/mol. The van der Waals surface area contributed by atoms with E-state index in [4.69, 9.17) is 0 Å². The zero-order valence-corrected chi connectivity index (χ0v) is 20.7. The zero-order chi connectivity index (χ0) is 21.4. The number of hydrogen-bond donors (Lipinski definition) is 0. The van der Waals surface area contributed by atoms with Crippen molar-refractivity contribution in [3.8, 4) is 0 Å². The molecule has 2 heteroatoms. The van der Waals surface area contributed by atoms with Crippen molar-refractivity contribution in [1.29, 1.82) is 0 Å². The van der Waals surface area contributed by atoms with Gasteiger partial charge in [-0.3, -0.25) is 0 Å². The number of rotatable bonds is 3. The van der Waals surface area contributed by atoms with Gasteiger partial charge < -0.3 is 0 Å². The molecule has 0 N–H and O–H groups in total. The predicted octanol–water partition coefficient (Wildman–Crippen LogP) is 9.01. The molecule has 0 amide bonds. The molecule has 0 aromatic heterocycles. The Balaban J connectivity index is 0.000000245. The van der Waals surface area contributed by atoms with Crippen molar-refractivity contribution in [1.82, 2.24) is 0 Å². The largest absolute Gasteiger partial charge is 0.166 e. The maximum absolute atomic E-state index is 2.32. The molecular formula is C29H32IS+. The standard InChI is InChI=1S/C18H15S.C10H13I.CH4/c1-4-10-16(11-5-1)19(17-12-6-2-7-13-17)18-14-8-3-9-15-18;1-10(2,3)8-4-6-9(11)7-5-8;/h1-15H;4-7H,1-3H3;1H4/q+1;;. The van der Waals surface area contributed by atoms with Gasteiger partial charge in [0.25, 0.3) is 0 Å². The van der Waals surface area contributed by atoms with E-state index in [1.165, 1.54) is 23.8 Å². The summed E-state index contributed by atoms with van der Waals surface area (Å²) >= 11 is 2.32. The molecular weight excluding hydrogens is 507 g/mol. The van der Waals surface area contributed by atoms with Crippen LogP contribution in [0.15, 0.2) is 130 Å². The first kappa shape index (κ1) is 25.2. The summed E-state index contributed by atoms with van der Waals surface area (Å²) in [6.45, 7) is 6.69. The molecule has 0 heterocycles. The van der Waals surface area contributed by atoms with Gasteiger partial charge in [0.2, 0.25) is 0 Å². The topological polar surface area (TPSA) is 0 Å². The van der Waals surface area contributed by atoms with Crippen LogP contribution in [0.2, 0.25) is 0 Å². The lowest BCUT2D eigenvalue weighted by atomic mass is 9.87. The second kappa shape index (κ2) is 12.1. The normalized spacial score (nSPS) is 10.6. The van der Waals surface area contributed by atoms with Crippen LogP contribution < -0.4 is 0 Å². The Bertz CT molecular complexity index is 911. The SMILES string of the molecule is C.CC(C)(C)c1ccc(I)cc1.c1ccc([S+](c2ccccc2)c2ccccc2)cc1. The summed E-state index contributed by atoms with van der Waals surface area (Å²) in [5, 5.41) is 0. The van der Waals surface area contributed by atoms with Gasteiger partial charge in [0.15, 0.2) is 14.7 Å². The Hall–Kier alpha value is -2.04. The number of benzene rings is 4. The molecule has 160 valence electrons. The van der Waals surface area contributed by atoms with Crippen molar-refractivity contribution in [2.24, 2.45) is 0 Å². The Morgan fingerprint density at radius 1 is 0.516 bits per heavy atom. The molecule has 0 spiro atoms. The maximum Gasteiger partial charge on any atom is 0.166 e. The van der Waals surface area contributed by atoms with E-state index in [9.17, 15) is 0 Å². The fourth-order valence-corrected chi connectivity index (χ4v) is 5.49. The molecule has 0 bridgehead atoms. The van der Waals surface area contributed by atoms with E-state index in [1.54, 1.807) is 0 Å². The first-order valence-corrected chi connectivity index (χ1v) is 12.4. The maximum atomic E-state index is 2.32. The number of hydrogen-bond acceptors (Lipinski definition) is 0. The zero-order valence-electron chi connectivity index (χ0n) is 17.8. The summed E-state index contributed by atoms with van der Waals surface area (Å²) in [7, 11) is -0.0146. The molecule has 0 aliphatic carbocycles. The van der Waals surface area contributed by atoms with Gasteiger partial charge >= 0.3 is 0 Å². The molecule has 0 aliphatic rings. The lowest BCUT2D eigenvalue weighted by Gasteiger charge is -2.18. The molecule has 0 radical (unpaired) electrons. The van der Waals surface area contributed by atoms with E-state index in [0.29, 0.717) is 0 Å². The summed E-state index contributed by atoms with van der Waals surface area (Å²) in [5.74, 6) is 0. The Morgan fingerprint density at radius 3 is 1.13 bits per heavy atom. The third-order valence-electron chi connectivity index (χ3n) is 4.65. The van der Waals surface area contributed by atoms with Crippen LogP contribution in [0.4, 0.5) is 0 Å². The quantitative estimate of drug-likeness (QED) is 0.180. The van der Waals surface area contributed by atoms with Crippen LogP contribution in [0, 0.1) is 3.57 Å². The lowest BCUT2D eigenvalue weighted by molar-refractivity contribution is 0.590. The van der Waals surface area contributed by atoms with Crippen LogP contribution in [0.5, 0.6) is 0 Å². The molecule has 0 saturated carbocycles. The average molecular weight is 540 g/mol. The van der Waals surface area contributed by atoms with Crippen LogP contribution in [-0.4, -0.2) is 0 Å². The van der Waals surface area contributed by atoms with Crippen molar-refractivity contribution in [2.45, 2.75) is 48.3 Å². The molecule has 31 heavy (non-hydrogen) atoms. The monoisotopic (exact) mass is 539 g/mol. The van der Waals surface area contributed by atoms with Crippen LogP contribution >= 0.6 is 22.6 Å². The second-order valence-corrected chi connectivity index (χ2v) is 11.3. The minimum atomic E-state index is -0.0146. The summed E-state index contributed by atoms with van der Waals surface area (Å²) in [6.07, 6.45) is 0. The Labute approximate surface area is 205 Å². The van der Waals surface area contributed by atoms with Crippen molar-refractivity contribution >= 4 is 33.5 Å². The fourth-order valence-electron chi connectivity index (χ4n) is 3.03. The highest BCUT2D eigenvalue weighted by molar-refractivity contribution is 14.1. The summed E-state index contributed by atoms with van der Waals surface area (Å²) in [5.41, 5.74) is 1.68. The second-order valence-electron chi connectivity index (χ2n) is 8.00. The van der Waals surface area contributed by atoms with E-state index in [1.807, 2.05) is 0 Å². The minimum absolute atomic E-state index is 0. The van der Waals surface area contributed by atoms with E-state index in [-0.39, 0.29) is 23.7 Å². The summed E-state index contributed by atoms with van der Waals surface area (Å²) < 4.78 is 1.30. The van der Waals surface area contributed by atoms with Gasteiger partial charge in [-0.15, -0.1) is 0 Å². The van der Waals surface area contributed by atoms with Gasteiger partial charge in [0.1, 0.15) is 0 Å². The molecule has 4 rings (SSSR count). The highest BCUT2D eigenvalue weighted by Crippen LogP contribution is 2.30. The van der Waals surface area contributed by atoms with Gasteiger partial charge in [-0.2, -0.15) is 0 Å². The first-order chi connectivity index (χ1) is 14.4. The summed E-state index contributed by atoms with van der Waals surface area (Å²) in [4.78, 5) is 4.08. The van der Waals surface area contributed by atoms with Crippen molar-refractivity contribution in [2.75, 3.05) is 0 Å². The number of halogens is 1. The van der Waals surface area contributed by atoms with Gasteiger partial charge in [0.05, 0.1) is 10.9 Å². The third kappa shape index (κ3) is 7.55. The molecule has 4 aromatic rings. The van der Waals surface area contributed by atoms with E-state index >= 15 is 0 Å². The van der Waals surface area contributed by atoms with E-state index in [2.05, 4.69) is 159 Å². The van der Waals surface area contributed by atoms with Gasteiger partial charge in [-0.1, -0.05) is 94.9 Å². The first-order valence-electron chi connectivity index (χ1n) is 10.1. The molecule has 0 unspecified atom stereocenters. The van der Waals surface area contributed by atoms with Crippen LogP contribution in [0.25, 0.3) is 0 Å². The molecule has 0 saturated heterocycles. The molecule has 0 atom stereocenters. The molecule has 0 aliphatic heterocycles. The Morgan fingerprint density at radius 2 is 0.839 bits per heavy atom. The van der Waals surface area contributed by atoms with Crippen LogP contribution in [0.3, 0.4) is 0 Å². The highest BCUT2D eigenvalue weighted by Gasteiger charge is 2.27. The van der Waals surface area contributed by atoms with Crippen LogP contribution in [0.1, 0.15) is 33.8 Å². The smallest absolute Gasteiger partial charge is 0.0776 e.